The van der Waals surface area contributed by atoms with Gasteiger partial charge in [0.25, 0.3) is 0 Å². The van der Waals surface area contributed by atoms with Gasteiger partial charge in [-0.25, -0.2) is 0 Å². The van der Waals surface area contributed by atoms with Crippen LogP contribution in [0.1, 0.15) is 23.4 Å². The summed E-state index contributed by atoms with van der Waals surface area (Å²) in [4.78, 5) is 0. The Morgan fingerprint density at radius 2 is 2.06 bits per heavy atom. The Morgan fingerprint density at radius 3 is 2.94 bits per heavy atom. The average molecular weight is 245 g/mol. The summed E-state index contributed by atoms with van der Waals surface area (Å²) < 4.78 is 11.0. The summed E-state index contributed by atoms with van der Waals surface area (Å²) in [5.41, 5.74) is 8.84. The van der Waals surface area contributed by atoms with Crippen LogP contribution in [0.15, 0.2) is 22.6 Å². The van der Waals surface area contributed by atoms with Crippen LogP contribution in [0.2, 0.25) is 0 Å². The van der Waals surface area contributed by atoms with Crippen molar-refractivity contribution in [2.75, 3.05) is 6.54 Å². The Morgan fingerprint density at radius 1 is 1.17 bits per heavy atom. The third-order valence-electron chi connectivity index (χ3n) is 3.03. The minimum Gasteiger partial charge on any atom is -0.421 e. The molecule has 5 nitrogen and oxygen atoms in total. The predicted molar refractivity (Wildman–Crippen MR) is 65.6 cm³/mol. The van der Waals surface area contributed by atoms with Crippen LogP contribution in [-0.4, -0.2) is 16.7 Å². The van der Waals surface area contributed by atoms with Gasteiger partial charge in [-0.15, -0.1) is 10.2 Å². The molecule has 1 aliphatic rings. The third-order valence-corrected chi connectivity index (χ3v) is 3.03. The molecule has 0 fully saturated rings. The lowest BCUT2D eigenvalue weighted by molar-refractivity contribution is 0.134. The van der Waals surface area contributed by atoms with Gasteiger partial charge in [-0.05, 0) is 36.2 Å². The molecule has 0 unspecified atom stereocenters. The maximum Gasteiger partial charge on any atom is 0.247 e. The topological polar surface area (TPSA) is 74.2 Å². The molecule has 5 heteroatoms. The molecule has 2 aromatic rings. The zero-order valence-electron chi connectivity index (χ0n) is 10.1. The molecule has 18 heavy (non-hydrogen) atoms. The van der Waals surface area contributed by atoms with Crippen LogP contribution in [0.3, 0.4) is 0 Å². The highest BCUT2D eigenvalue weighted by Crippen LogP contribution is 2.26. The van der Waals surface area contributed by atoms with Crippen LogP contribution in [0, 0.1) is 0 Å². The molecule has 2 heterocycles. The third kappa shape index (κ3) is 2.14. The molecule has 1 aliphatic heterocycles. The first-order valence-corrected chi connectivity index (χ1v) is 6.09. The maximum absolute atomic E-state index is 5.61. The highest BCUT2D eigenvalue weighted by Gasteiger charge is 2.14. The Balaban J connectivity index is 1.83. The molecule has 94 valence electrons. The van der Waals surface area contributed by atoms with Gasteiger partial charge in [0.1, 0.15) is 0 Å². The van der Waals surface area contributed by atoms with E-state index in [1.54, 1.807) is 0 Å². The number of fused-ring (bicyclic) bond motifs is 1. The first-order valence-electron chi connectivity index (χ1n) is 6.09. The summed E-state index contributed by atoms with van der Waals surface area (Å²) in [7, 11) is 0. The lowest BCUT2D eigenvalue weighted by atomic mass is 10.1. The van der Waals surface area contributed by atoms with Crippen LogP contribution in [0.25, 0.3) is 11.5 Å². The van der Waals surface area contributed by atoms with E-state index < -0.39 is 0 Å². The molecule has 0 radical (unpaired) electrons. The van der Waals surface area contributed by atoms with Gasteiger partial charge < -0.3 is 14.9 Å². The van der Waals surface area contributed by atoms with Crippen LogP contribution in [-0.2, 0) is 24.4 Å². The van der Waals surface area contributed by atoms with Crippen molar-refractivity contribution in [3.8, 4) is 11.5 Å². The normalized spacial score (nSPS) is 13.8. The molecule has 1 aromatic carbocycles. The van der Waals surface area contributed by atoms with E-state index in [1.807, 2.05) is 6.07 Å². The summed E-state index contributed by atoms with van der Waals surface area (Å²) in [6, 6.07) is 6.11. The number of ether oxygens (including phenoxy) is 1. The molecule has 3 rings (SSSR count). The standard InChI is InChI=1S/C13H15N3O2/c14-5-1-2-12-15-16-13(18-12)9-3-4-10-7-17-8-11(10)6-9/h3-4,6H,1-2,5,7-8,14H2. The number of aromatic nitrogens is 2. The minimum absolute atomic E-state index is 0.566. The summed E-state index contributed by atoms with van der Waals surface area (Å²) >= 11 is 0. The molecular weight excluding hydrogens is 230 g/mol. The Labute approximate surface area is 105 Å². The fourth-order valence-electron chi connectivity index (χ4n) is 2.03. The molecule has 0 spiro atoms. The van der Waals surface area contributed by atoms with Gasteiger partial charge >= 0.3 is 0 Å². The lowest BCUT2D eigenvalue weighted by Crippen LogP contribution is -2.00. The van der Waals surface area contributed by atoms with Gasteiger partial charge in [-0.2, -0.15) is 0 Å². The molecule has 0 amide bonds. The van der Waals surface area contributed by atoms with E-state index in [0.717, 1.165) is 18.4 Å². The van der Waals surface area contributed by atoms with Gasteiger partial charge in [0, 0.05) is 12.0 Å². The SMILES string of the molecule is NCCCc1nnc(-c2ccc3c(c2)COC3)o1. The summed E-state index contributed by atoms with van der Waals surface area (Å²) in [6.45, 7) is 1.99. The number of hydrogen-bond donors (Lipinski definition) is 1. The number of benzene rings is 1. The molecule has 2 N–H and O–H groups in total. The highest BCUT2D eigenvalue weighted by atomic mass is 16.5. The number of nitrogens with zero attached hydrogens (tertiary/aromatic N) is 2. The molecular formula is C13H15N3O2. The molecule has 0 saturated carbocycles. The molecule has 0 atom stereocenters. The van der Waals surface area contributed by atoms with Crippen molar-refractivity contribution in [3.05, 3.63) is 35.2 Å². The van der Waals surface area contributed by atoms with E-state index in [2.05, 4.69) is 22.3 Å². The van der Waals surface area contributed by atoms with E-state index in [1.165, 1.54) is 11.1 Å². The fraction of sp³-hybridized carbons (Fsp3) is 0.385. The van der Waals surface area contributed by atoms with Crippen molar-refractivity contribution in [2.45, 2.75) is 26.1 Å². The van der Waals surface area contributed by atoms with E-state index in [9.17, 15) is 0 Å². The van der Waals surface area contributed by atoms with Gasteiger partial charge in [-0.1, -0.05) is 6.07 Å². The number of nitrogens with two attached hydrogens (primary N) is 1. The second kappa shape index (κ2) is 4.88. The van der Waals surface area contributed by atoms with Gasteiger partial charge in [-0.3, -0.25) is 0 Å². The van der Waals surface area contributed by atoms with Crippen LogP contribution >= 0.6 is 0 Å². The van der Waals surface area contributed by atoms with E-state index in [-0.39, 0.29) is 0 Å². The maximum atomic E-state index is 5.61. The zero-order valence-corrected chi connectivity index (χ0v) is 10.1. The first kappa shape index (κ1) is 11.4. The smallest absolute Gasteiger partial charge is 0.247 e. The summed E-state index contributed by atoms with van der Waals surface area (Å²) in [5, 5.41) is 8.09. The average Bonchev–Trinajstić information content (AvgIpc) is 3.04. The number of hydrogen-bond acceptors (Lipinski definition) is 5. The highest BCUT2D eigenvalue weighted by molar-refractivity contribution is 5.55. The van der Waals surface area contributed by atoms with Crippen molar-refractivity contribution in [1.29, 1.82) is 0 Å². The summed E-state index contributed by atoms with van der Waals surface area (Å²) in [6.07, 6.45) is 1.59. The summed E-state index contributed by atoms with van der Waals surface area (Å²) in [5.74, 6) is 1.21. The molecule has 0 bridgehead atoms. The minimum atomic E-state index is 0.566. The largest absolute Gasteiger partial charge is 0.421 e. The second-order valence-corrected chi connectivity index (χ2v) is 4.37. The van der Waals surface area contributed by atoms with Crippen LogP contribution in [0.5, 0.6) is 0 Å². The zero-order chi connectivity index (χ0) is 12.4. The number of rotatable bonds is 4. The fourth-order valence-corrected chi connectivity index (χ4v) is 2.03. The van der Waals surface area contributed by atoms with E-state index in [0.29, 0.717) is 31.5 Å². The monoisotopic (exact) mass is 245 g/mol. The molecule has 0 aliphatic carbocycles. The van der Waals surface area contributed by atoms with Gasteiger partial charge in [0.2, 0.25) is 11.8 Å². The van der Waals surface area contributed by atoms with E-state index in [4.69, 9.17) is 14.9 Å². The number of aryl methyl sites for hydroxylation is 1. The van der Waals surface area contributed by atoms with E-state index >= 15 is 0 Å². The quantitative estimate of drug-likeness (QED) is 0.886. The van der Waals surface area contributed by atoms with Crippen molar-refractivity contribution in [3.63, 3.8) is 0 Å². The lowest BCUT2D eigenvalue weighted by Gasteiger charge is -1.99. The first-order chi connectivity index (χ1) is 8.86. The van der Waals surface area contributed by atoms with Crippen molar-refractivity contribution in [2.24, 2.45) is 5.73 Å². The van der Waals surface area contributed by atoms with Crippen LogP contribution < -0.4 is 5.73 Å². The Kier molecular flexibility index (Phi) is 3.08. The van der Waals surface area contributed by atoms with Crippen molar-refractivity contribution < 1.29 is 9.15 Å². The van der Waals surface area contributed by atoms with Crippen molar-refractivity contribution in [1.82, 2.24) is 10.2 Å². The second-order valence-electron chi connectivity index (χ2n) is 4.37. The Bertz CT molecular complexity index is 551. The predicted octanol–water partition coefficient (Wildman–Crippen LogP) is 1.66. The van der Waals surface area contributed by atoms with Gasteiger partial charge in [0.05, 0.1) is 13.2 Å². The van der Waals surface area contributed by atoms with Gasteiger partial charge in [0.15, 0.2) is 0 Å². The van der Waals surface area contributed by atoms with Crippen molar-refractivity contribution >= 4 is 0 Å². The molecule has 0 saturated heterocycles. The van der Waals surface area contributed by atoms with Crippen LogP contribution in [0.4, 0.5) is 0 Å². The molecule has 1 aromatic heterocycles. The Hall–Kier alpha value is -1.72.